The van der Waals surface area contributed by atoms with Gasteiger partial charge in [-0.25, -0.2) is 0 Å². The number of amides is 1. The van der Waals surface area contributed by atoms with E-state index in [2.05, 4.69) is 20.8 Å². The average molecular weight is 390 g/mol. The molecule has 1 N–H and O–H groups in total. The molecule has 7 nitrogen and oxygen atoms in total. The van der Waals surface area contributed by atoms with Gasteiger partial charge in [0.15, 0.2) is 0 Å². The SMILES string of the molecule is CC(=O)Nc1cccc(-n2nnnc2SCCOc2ccc(Cl)cc2)c1. The van der Waals surface area contributed by atoms with Gasteiger partial charge in [-0.05, 0) is 52.9 Å². The van der Waals surface area contributed by atoms with Crippen molar-refractivity contribution in [2.24, 2.45) is 0 Å². The van der Waals surface area contributed by atoms with Crippen LogP contribution in [0.4, 0.5) is 5.69 Å². The van der Waals surface area contributed by atoms with Crippen molar-refractivity contribution in [3.63, 3.8) is 0 Å². The Bertz CT molecular complexity index is 885. The number of carbonyl (C=O) groups excluding carboxylic acids is 1. The van der Waals surface area contributed by atoms with Crippen LogP contribution in [0.3, 0.4) is 0 Å². The van der Waals surface area contributed by atoms with Crippen LogP contribution in [-0.4, -0.2) is 38.5 Å². The highest BCUT2D eigenvalue weighted by molar-refractivity contribution is 7.99. The first-order valence-corrected chi connectivity index (χ1v) is 9.16. The smallest absolute Gasteiger partial charge is 0.221 e. The lowest BCUT2D eigenvalue weighted by atomic mass is 10.3. The first-order chi connectivity index (χ1) is 12.6. The molecule has 1 heterocycles. The molecule has 26 heavy (non-hydrogen) atoms. The second kappa shape index (κ2) is 8.68. The van der Waals surface area contributed by atoms with Crippen LogP contribution >= 0.6 is 23.4 Å². The largest absolute Gasteiger partial charge is 0.493 e. The van der Waals surface area contributed by atoms with E-state index in [0.717, 1.165) is 11.4 Å². The van der Waals surface area contributed by atoms with E-state index in [1.165, 1.54) is 18.7 Å². The van der Waals surface area contributed by atoms with Gasteiger partial charge in [-0.1, -0.05) is 29.4 Å². The maximum Gasteiger partial charge on any atom is 0.221 e. The fourth-order valence-electron chi connectivity index (χ4n) is 2.17. The van der Waals surface area contributed by atoms with Gasteiger partial charge in [0.2, 0.25) is 11.1 Å². The number of hydrogen-bond acceptors (Lipinski definition) is 6. The molecule has 0 unspecified atom stereocenters. The molecule has 0 aliphatic heterocycles. The Kier molecular flexibility index (Phi) is 6.08. The molecule has 134 valence electrons. The van der Waals surface area contributed by atoms with E-state index in [-0.39, 0.29) is 5.91 Å². The van der Waals surface area contributed by atoms with Crippen LogP contribution in [0.2, 0.25) is 5.02 Å². The monoisotopic (exact) mass is 389 g/mol. The first-order valence-electron chi connectivity index (χ1n) is 7.79. The van der Waals surface area contributed by atoms with E-state index in [4.69, 9.17) is 16.3 Å². The maximum atomic E-state index is 11.2. The van der Waals surface area contributed by atoms with Gasteiger partial charge in [-0.15, -0.1) is 5.10 Å². The van der Waals surface area contributed by atoms with Crippen molar-refractivity contribution in [2.45, 2.75) is 12.1 Å². The lowest BCUT2D eigenvalue weighted by molar-refractivity contribution is -0.114. The van der Waals surface area contributed by atoms with Crippen molar-refractivity contribution in [3.8, 4) is 11.4 Å². The molecule has 2 aromatic carbocycles. The molecule has 0 aliphatic rings. The molecule has 0 radical (unpaired) electrons. The van der Waals surface area contributed by atoms with Crippen molar-refractivity contribution >= 4 is 35.0 Å². The summed E-state index contributed by atoms with van der Waals surface area (Å²) in [6.07, 6.45) is 0. The lowest BCUT2D eigenvalue weighted by Gasteiger charge is -2.08. The number of aromatic nitrogens is 4. The number of benzene rings is 2. The molecule has 0 saturated carbocycles. The molecule has 0 atom stereocenters. The minimum absolute atomic E-state index is 0.132. The number of ether oxygens (including phenoxy) is 1. The molecule has 0 saturated heterocycles. The van der Waals surface area contributed by atoms with Crippen molar-refractivity contribution in [3.05, 3.63) is 53.6 Å². The quantitative estimate of drug-likeness (QED) is 0.492. The Hall–Kier alpha value is -2.58. The van der Waals surface area contributed by atoms with Gasteiger partial charge in [0.1, 0.15) is 5.75 Å². The van der Waals surface area contributed by atoms with Crippen LogP contribution in [0.25, 0.3) is 5.69 Å². The minimum atomic E-state index is -0.132. The van der Waals surface area contributed by atoms with Gasteiger partial charge in [0.25, 0.3) is 0 Å². The third kappa shape index (κ3) is 4.96. The predicted molar refractivity (Wildman–Crippen MR) is 101 cm³/mol. The Morgan fingerprint density at radius 2 is 2.08 bits per heavy atom. The van der Waals surface area contributed by atoms with E-state index in [0.29, 0.717) is 28.2 Å². The summed E-state index contributed by atoms with van der Waals surface area (Å²) in [5, 5.41) is 15.9. The number of carbonyl (C=O) groups is 1. The van der Waals surface area contributed by atoms with Crippen molar-refractivity contribution in [2.75, 3.05) is 17.7 Å². The summed E-state index contributed by atoms with van der Waals surface area (Å²) in [6, 6.07) is 14.5. The molecule has 0 bridgehead atoms. The molecule has 1 aromatic heterocycles. The van der Waals surface area contributed by atoms with Crippen LogP contribution in [0.1, 0.15) is 6.92 Å². The summed E-state index contributed by atoms with van der Waals surface area (Å²) in [4.78, 5) is 11.2. The molecule has 1 amide bonds. The van der Waals surface area contributed by atoms with E-state index >= 15 is 0 Å². The second-order valence-electron chi connectivity index (χ2n) is 5.26. The van der Waals surface area contributed by atoms with E-state index < -0.39 is 0 Å². The Labute approximate surface area is 159 Å². The summed E-state index contributed by atoms with van der Waals surface area (Å²) < 4.78 is 7.29. The maximum absolute atomic E-state index is 11.2. The highest BCUT2D eigenvalue weighted by Gasteiger charge is 2.10. The molecular formula is C17H16ClN5O2S. The van der Waals surface area contributed by atoms with E-state index in [9.17, 15) is 4.79 Å². The van der Waals surface area contributed by atoms with Gasteiger partial charge in [0.05, 0.1) is 12.3 Å². The van der Waals surface area contributed by atoms with Gasteiger partial charge in [0, 0.05) is 23.4 Å². The zero-order valence-corrected chi connectivity index (χ0v) is 15.5. The summed E-state index contributed by atoms with van der Waals surface area (Å²) in [7, 11) is 0. The van der Waals surface area contributed by atoms with Gasteiger partial charge in [-0.2, -0.15) is 4.68 Å². The number of nitrogens with zero attached hydrogens (tertiary/aromatic N) is 4. The van der Waals surface area contributed by atoms with Gasteiger partial charge >= 0.3 is 0 Å². The lowest BCUT2D eigenvalue weighted by Crippen LogP contribution is -2.07. The molecule has 3 rings (SSSR count). The first kappa shape index (κ1) is 18.2. The highest BCUT2D eigenvalue weighted by atomic mass is 35.5. The predicted octanol–water partition coefficient (Wildman–Crippen LogP) is 3.45. The molecular weight excluding hydrogens is 374 g/mol. The second-order valence-corrected chi connectivity index (χ2v) is 6.75. The average Bonchev–Trinajstić information content (AvgIpc) is 3.08. The van der Waals surface area contributed by atoms with Crippen molar-refractivity contribution < 1.29 is 9.53 Å². The number of anilines is 1. The number of halogens is 1. The Balaban J connectivity index is 1.60. The Morgan fingerprint density at radius 3 is 2.85 bits per heavy atom. The molecule has 0 spiro atoms. The number of nitrogens with one attached hydrogen (secondary N) is 1. The van der Waals surface area contributed by atoms with Gasteiger partial charge in [-0.3, -0.25) is 4.79 Å². The minimum Gasteiger partial charge on any atom is -0.493 e. The van der Waals surface area contributed by atoms with Gasteiger partial charge < -0.3 is 10.1 Å². The van der Waals surface area contributed by atoms with E-state index in [1.54, 1.807) is 16.8 Å². The number of tetrazole rings is 1. The molecule has 0 aliphatic carbocycles. The summed E-state index contributed by atoms with van der Waals surface area (Å²) in [5.41, 5.74) is 1.45. The zero-order chi connectivity index (χ0) is 18.4. The Morgan fingerprint density at radius 1 is 1.27 bits per heavy atom. The van der Waals surface area contributed by atoms with Crippen LogP contribution in [0, 0.1) is 0 Å². The van der Waals surface area contributed by atoms with Crippen LogP contribution in [-0.2, 0) is 4.79 Å². The third-order valence-corrected chi connectivity index (χ3v) is 4.38. The highest BCUT2D eigenvalue weighted by Crippen LogP contribution is 2.21. The van der Waals surface area contributed by atoms with Crippen molar-refractivity contribution in [1.29, 1.82) is 0 Å². The summed E-state index contributed by atoms with van der Waals surface area (Å²) >= 11 is 7.33. The summed E-state index contributed by atoms with van der Waals surface area (Å²) in [6.45, 7) is 1.97. The van der Waals surface area contributed by atoms with E-state index in [1.807, 2.05) is 36.4 Å². The topological polar surface area (TPSA) is 81.9 Å². The zero-order valence-electron chi connectivity index (χ0n) is 13.9. The van der Waals surface area contributed by atoms with Crippen LogP contribution in [0.5, 0.6) is 5.75 Å². The van der Waals surface area contributed by atoms with Crippen LogP contribution in [0.15, 0.2) is 53.7 Å². The fourth-order valence-corrected chi connectivity index (χ4v) is 3.01. The molecule has 9 heteroatoms. The third-order valence-electron chi connectivity index (χ3n) is 3.25. The normalized spacial score (nSPS) is 10.5. The summed E-state index contributed by atoms with van der Waals surface area (Å²) in [5.74, 6) is 1.30. The van der Waals surface area contributed by atoms with Crippen molar-refractivity contribution in [1.82, 2.24) is 20.2 Å². The van der Waals surface area contributed by atoms with Crippen LogP contribution < -0.4 is 10.1 Å². The number of thioether (sulfide) groups is 1. The number of hydrogen-bond donors (Lipinski definition) is 1. The standard InChI is InChI=1S/C17H16ClN5O2S/c1-12(24)19-14-3-2-4-15(11-14)23-17(20-21-22-23)26-10-9-25-16-7-5-13(18)6-8-16/h2-8,11H,9-10H2,1H3,(H,19,24). The molecule has 3 aromatic rings. The number of rotatable bonds is 7. The fraction of sp³-hybridized carbons (Fsp3) is 0.176. The molecule has 0 fully saturated rings.